The molecule has 1 aliphatic heterocycles. The summed E-state index contributed by atoms with van der Waals surface area (Å²) in [6.45, 7) is 3.48. The number of hydrogen-bond donors (Lipinski definition) is 0. The van der Waals surface area contributed by atoms with Gasteiger partial charge in [-0.05, 0) is 24.3 Å². The van der Waals surface area contributed by atoms with E-state index in [0.29, 0.717) is 12.4 Å². The second-order valence-corrected chi connectivity index (χ2v) is 5.78. The van der Waals surface area contributed by atoms with Crippen LogP contribution in [-0.4, -0.2) is 34.0 Å². The molecule has 106 valence electrons. The molecule has 5 nitrogen and oxygen atoms in total. The average Bonchev–Trinajstić information content (AvgIpc) is 3.17. The molecule has 0 aromatic carbocycles. The van der Waals surface area contributed by atoms with Crippen LogP contribution in [0.5, 0.6) is 0 Å². The van der Waals surface area contributed by atoms with Crippen molar-refractivity contribution in [2.75, 3.05) is 13.1 Å². The first-order valence-electron chi connectivity index (χ1n) is 6.92. The first-order chi connectivity index (χ1) is 9.78. The van der Waals surface area contributed by atoms with Crippen molar-refractivity contribution in [1.82, 2.24) is 15.0 Å². The highest BCUT2D eigenvalue weighted by Gasteiger charge is 2.28. The van der Waals surface area contributed by atoms with E-state index in [4.69, 9.17) is 4.52 Å². The summed E-state index contributed by atoms with van der Waals surface area (Å²) < 4.78 is 5.17. The monoisotopic (exact) mass is 291 g/mol. The Balaban J connectivity index is 1.71. The standard InChI is InChI=1S/C14H17N3O2S/c1-2-12-15-13(16-19-12)10-4-3-6-17(8-10)14(18)11-5-7-20-9-11/h5,7,9-10H,2-4,6,8H2,1H3. The van der Waals surface area contributed by atoms with Crippen LogP contribution in [0.1, 0.15) is 47.8 Å². The molecule has 0 N–H and O–H groups in total. The number of hydrogen-bond acceptors (Lipinski definition) is 5. The molecule has 1 unspecified atom stereocenters. The molecule has 0 spiro atoms. The number of carbonyl (C=O) groups is 1. The summed E-state index contributed by atoms with van der Waals surface area (Å²) in [5, 5.41) is 7.88. The maximum atomic E-state index is 12.4. The van der Waals surface area contributed by atoms with E-state index in [1.807, 2.05) is 28.7 Å². The van der Waals surface area contributed by atoms with Gasteiger partial charge in [0.25, 0.3) is 5.91 Å². The second kappa shape index (κ2) is 5.75. The van der Waals surface area contributed by atoms with Crippen LogP contribution in [0, 0.1) is 0 Å². The van der Waals surface area contributed by atoms with Gasteiger partial charge in [0.05, 0.1) is 5.56 Å². The lowest BCUT2D eigenvalue weighted by atomic mass is 9.97. The van der Waals surface area contributed by atoms with Crippen LogP contribution >= 0.6 is 11.3 Å². The molecule has 1 fully saturated rings. The number of aryl methyl sites for hydroxylation is 1. The van der Waals surface area contributed by atoms with E-state index >= 15 is 0 Å². The van der Waals surface area contributed by atoms with Crippen LogP contribution in [0.3, 0.4) is 0 Å². The van der Waals surface area contributed by atoms with Crippen LogP contribution in [-0.2, 0) is 6.42 Å². The fraction of sp³-hybridized carbons (Fsp3) is 0.500. The third kappa shape index (κ3) is 2.60. The van der Waals surface area contributed by atoms with Crippen molar-refractivity contribution in [2.45, 2.75) is 32.1 Å². The first-order valence-corrected chi connectivity index (χ1v) is 7.86. The number of carbonyl (C=O) groups excluding carboxylic acids is 1. The van der Waals surface area contributed by atoms with Gasteiger partial charge in [0.1, 0.15) is 0 Å². The van der Waals surface area contributed by atoms with Crippen molar-refractivity contribution in [2.24, 2.45) is 0 Å². The van der Waals surface area contributed by atoms with Gasteiger partial charge in [0.15, 0.2) is 5.82 Å². The van der Waals surface area contributed by atoms with Gasteiger partial charge in [-0.1, -0.05) is 12.1 Å². The summed E-state index contributed by atoms with van der Waals surface area (Å²) in [7, 11) is 0. The molecule has 6 heteroatoms. The van der Waals surface area contributed by atoms with E-state index in [2.05, 4.69) is 10.1 Å². The molecule has 0 aliphatic carbocycles. The van der Waals surface area contributed by atoms with Gasteiger partial charge in [-0.3, -0.25) is 4.79 Å². The zero-order chi connectivity index (χ0) is 13.9. The number of nitrogens with zero attached hydrogens (tertiary/aromatic N) is 3. The molecule has 2 aromatic heterocycles. The number of thiophene rings is 1. The summed E-state index contributed by atoms with van der Waals surface area (Å²) in [6, 6.07) is 1.88. The third-order valence-corrected chi connectivity index (χ3v) is 4.31. The predicted octanol–water partition coefficient (Wildman–Crippen LogP) is 2.71. The molecular formula is C14H17N3O2S. The van der Waals surface area contributed by atoms with Crippen molar-refractivity contribution in [3.05, 3.63) is 34.1 Å². The van der Waals surface area contributed by atoms with Crippen molar-refractivity contribution >= 4 is 17.2 Å². The summed E-state index contributed by atoms with van der Waals surface area (Å²) in [6.07, 6.45) is 2.74. The summed E-state index contributed by atoms with van der Waals surface area (Å²) in [4.78, 5) is 18.7. The molecule has 0 bridgehead atoms. The van der Waals surface area contributed by atoms with Gasteiger partial charge in [-0.25, -0.2) is 0 Å². The van der Waals surface area contributed by atoms with Crippen LogP contribution in [0.15, 0.2) is 21.3 Å². The van der Waals surface area contributed by atoms with Gasteiger partial charge in [0.2, 0.25) is 5.89 Å². The van der Waals surface area contributed by atoms with E-state index < -0.39 is 0 Å². The predicted molar refractivity (Wildman–Crippen MR) is 75.9 cm³/mol. The molecule has 1 saturated heterocycles. The lowest BCUT2D eigenvalue weighted by Gasteiger charge is -2.31. The molecule has 20 heavy (non-hydrogen) atoms. The highest BCUT2D eigenvalue weighted by atomic mass is 32.1. The van der Waals surface area contributed by atoms with Crippen LogP contribution in [0.2, 0.25) is 0 Å². The normalized spacial score (nSPS) is 19.2. The Labute approximate surface area is 121 Å². The fourth-order valence-electron chi connectivity index (χ4n) is 2.52. The number of likely N-dealkylation sites (tertiary alicyclic amines) is 1. The molecule has 3 rings (SSSR count). The quantitative estimate of drug-likeness (QED) is 0.872. The van der Waals surface area contributed by atoms with Crippen molar-refractivity contribution in [3.63, 3.8) is 0 Å². The zero-order valence-electron chi connectivity index (χ0n) is 11.4. The minimum absolute atomic E-state index is 0.107. The maximum absolute atomic E-state index is 12.4. The van der Waals surface area contributed by atoms with Gasteiger partial charge in [0, 0.05) is 30.8 Å². The molecule has 0 radical (unpaired) electrons. The molecule has 1 atom stereocenters. The highest BCUT2D eigenvalue weighted by Crippen LogP contribution is 2.26. The number of amides is 1. The number of rotatable bonds is 3. The SMILES string of the molecule is CCc1nc(C2CCCN(C(=O)c3ccsc3)C2)no1. The van der Waals surface area contributed by atoms with Gasteiger partial charge in [-0.2, -0.15) is 16.3 Å². The largest absolute Gasteiger partial charge is 0.339 e. The van der Waals surface area contributed by atoms with E-state index in [1.165, 1.54) is 0 Å². The van der Waals surface area contributed by atoms with E-state index in [0.717, 1.165) is 37.2 Å². The molecular weight excluding hydrogens is 274 g/mol. The van der Waals surface area contributed by atoms with E-state index in [-0.39, 0.29) is 11.8 Å². The molecule has 1 aliphatic rings. The molecule has 0 saturated carbocycles. The first kappa shape index (κ1) is 13.3. The van der Waals surface area contributed by atoms with Gasteiger partial charge >= 0.3 is 0 Å². The van der Waals surface area contributed by atoms with Crippen molar-refractivity contribution in [3.8, 4) is 0 Å². The Morgan fingerprint density at radius 1 is 1.60 bits per heavy atom. The summed E-state index contributed by atoms with van der Waals surface area (Å²) >= 11 is 1.55. The Morgan fingerprint density at radius 2 is 2.50 bits per heavy atom. The fourth-order valence-corrected chi connectivity index (χ4v) is 3.15. The summed E-state index contributed by atoms with van der Waals surface area (Å²) in [5.74, 6) is 1.71. The Hall–Kier alpha value is -1.69. The van der Waals surface area contributed by atoms with Crippen LogP contribution in [0.25, 0.3) is 0 Å². The Kier molecular flexibility index (Phi) is 3.82. The summed E-state index contributed by atoms with van der Waals surface area (Å²) in [5.41, 5.74) is 0.776. The van der Waals surface area contributed by atoms with Crippen LogP contribution < -0.4 is 0 Å². The van der Waals surface area contributed by atoms with Crippen molar-refractivity contribution < 1.29 is 9.32 Å². The minimum atomic E-state index is 0.107. The van der Waals surface area contributed by atoms with Crippen molar-refractivity contribution in [1.29, 1.82) is 0 Å². The lowest BCUT2D eigenvalue weighted by molar-refractivity contribution is 0.0704. The Morgan fingerprint density at radius 3 is 3.20 bits per heavy atom. The van der Waals surface area contributed by atoms with Crippen LogP contribution in [0.4, 0.5) is 0 Å². The lowest BCUT2D eigenvalue weighted by Crippen LogP contribution is -2.39. The molecule has 1 amide bonds. The minimum Gasteiger partial charge on any atom is -0.339 e. The Bertz CT molecular complexity index is 579. The smallest absolute Gasteiger partial charge is 0.254 e. The van der Waals surface area contributed by atoms with Gasteiger partial charge in [-0.15, -0.1) is 0 Å². The average molecular weight is 291 g/mol. The maximum Gasteiger partial charge on any atom is 0.254 e. The molecule has 2 aromatic rings. The molecule has 3 heterocycles. The topological polar surface area (TPSA) is 59.2 Å². The van der Waals surface area contributed by atoms with E-state index in [9.17, 15) is 4.79 Å². The van der Waals surface area contributed by atoms with Gasteiger partial charge < -0.3 is 9.42 Å². The zero-order valence-corrected chi connectivity index (χ0v) is 12.2. The second-order valence-electron chi connectivity index (χ2n) is 5.00. The third-order valence-electron chi connectivity index (χ3n) is 3.63. The van der Waals surface area contributed by atoms with E-state index in [1.54, 1.807) is 11.3 Å². The highest BCUT2D eigenvalue weighted by molar-refractivity contribution is 7.08. The number of piperidine rings is 1. The number of aromatic nitrogens is 2.